The van der Waals surface area contributed by atoms with Crippen LogP contribution in [0, 0.1) is 0 Å². The molecular weight excluding hydrogens is 294 g/mol. The summed E-state index contributed by atoms with van der Waals surface area (Å²) in [6.07, 6.45) is 6.17. The van der Waals surface area contributed by atoms with Gasteiger partial charge in [-0.25, -0.2) is 4.79 Å². The molecule has 0 aromatic heterocycles. The lowest BCUT2D eigenvalue weighted by molar-refractivity contribution is -0.134. The summed E-state index contributed by atoms with van der Waals surface area (Å²) in [4.78, 5) is 23.8. The minimum absolute atomic E-state index is 0.112. The van der Waals surface area contributed by atoms with Gasteiger partial charge in [0.1, 0.15) is 11.4 Å². The smallest absolute Gasteiger partial charge is 0.330 e. The lowest BCUT2D eigenvalue weighted by atomic mass is 9.84. The Morgan fingerprint density at radius 1 is 1.35 bits per heavy atom. The number of ketones is 1. The maximum Gasteiger partial charge on any atom is 0.330 e. The molecule has 0 amide bonds. The largest absolute Gasteiger partial charge is 0.486 e. The standard InChI is InChI=1S/C18H21NO4/c1-22-17(21)6-4-13-3-5-16-14(11-13)15(20)12-18(23-16)7-2-9-19-10-8-18/h3-6,11,19H,2,7-10,12H2,1H3/b6-4+. The molecule has 0 bridgehead atoms. The van der Waals surface area contributed by atoms with E-state index in [4.69, 9.17) is 4.74 Å². The molecular formula is C18H21NO4. The third-order valence-electron chi connectivity index (χ3n) is 4.47. The van der Waals surface area contributed by atoms with Crippen LogP contribution in [0.3, 0.4) is 0 Å². The Morgan fingerprint density at radius 2 is 2.22 bits per heavy atom. The quantitative estimate of drug-likeness (QED) is 0.670. The Labute approximate surface area is 135 Å². The number of carbonyl (C=O) groups is 2. The van der Waals surface area contributed by atoms with E-state index in [1.165, 1.54) is 13.2 Å². The van der Waals surface area contributed by atoms with Crippen LogP contribution in [0.4, 0.5) is 0 Å². The second-order valence-corrected chi connectivity index (χ2v) is 6.10. The highest BCUT2D eigenvalue weighted by molar-refractivity contribution is 6.01. The maximum atomic E-state index is 12.6. The molecule has 2 heterocycles. The molecule has 1 N–H and O–H groups in total. The monoisotopic (exact) mass is 315 g/mol. The molecule has 0 aliphatic carbocycles. The van der Waals surface area contributed by atoms with Crippen LogP contribution in [-0.2, 0) is 9.53 Å². The zero-order chi connectivity index (χ0) is 16.3. The normalized spacial score (nSPS) is 24.1. The first-order valence-electron chi connectivity index (χ1n) is 7.95. The van der Waals surface area contributed by atoms with Gasteiger partial charge in [-0.1, -0.05) is 6.07 Å². The van der Waals surface area contributed by atoms with E-state index in [0.29, 0.717) is 17.7 Å². The van der Waals surface area contributed by atoms with Gasteiger partial charge in [0.2, 0.25) is 0 Å². The molecule has 1 aromatic rings. The Morgan fingerprint density at radius 3 is 3.04 bits per heavy atom. The van der Waals surface area contributed by atoms with Gasteiger partial charge in [-0.15, -0.1) is 0 Å². The van der Waals surface area contributed by atoms with Gasteiger partial charge in [0.25, 0.3) is 0 Å². The fourth-order valence-electron chi connectivity index (χ4n) is 3.23. The third-order valence-corrected chi connectivity index (χ3v) is 4.47. The number of fused-ring (bicyclic) bond motifs is 1. The molecule has 2 aliphatic heterocycles. The van der Waals surface area contributed by atoms with Crippen molar-refractivity contribution in [1.29, 1.82) is 0 Å². The molecule has 0 radical (unpaired) electrons. The molecule has 1 fully saturated rings. The van der Waals surface area contributed by atoms with Crippen LogP contribution >= 0.6 is 0 Å². The van der Waals surface area contributed by atoms with Gasteiger partial charge in [0, 0.05) is 12.5 Å². The van der Waals surface area contributed by atoms with Crippen molar-refractivity contribution in [1.82, 2.24) is 5.32 Å². The highest BCUT2D eigenvalue weighted by atomic mass is 16.5. The van der Waals surface area contributed by atoms with Crippen LogP contribution in [-0.4, -0.2) is 37.6 Å². The van der Waals surface area contributed by atoms with Crippen molar-refractivity contribution in [3.63, 3.8) is 0 Å². The topological polar surface area (TPSA) is 64.6 Å². The van der Waals surface area contributed by atoms with Crippen molar-refractivity contribution in [3.05, 3.63) is 35.4 Å². The number of hydrogen-bond acceptors (Lipinski definition) is 5. The summed E-state index contributed by atoms with van der Waals surface area (Å²) in [6.45, 7) is 1.85. The van der Waals surface area contributed by atoms with E-state index >= 15 is 0 Å². The average Bonchev–Trinajstić information content (AvgIpc) is 2.78. The fourth-order valence-corrected chi connectivity index (χ4v) is 3.23. The van der Waals surface area contributed by atoms with E-state index in [2.05, 4.69) is 10.1 Å². The van der Waals surface area contributed by atoms with Crippen LogP contribution in [0.1, 0.15) is 41.6 Å². The Bertz CT molecular complexity index is 642. The predicted molar refractivity (Wildman–Crippen MR) is 86.5 cm³/mol. The van der Waals surface area contributed by atoms with E-state index in [1.54, 1.807) is 12.1 Å². The zero-order valence-electron chi connectivity index (χ0n) is 13.3. The van der Waals surface area contributed by atoms with E-state index in [-0.39, 0.29) is 11.4 Å². The molecule has 2 aliphatic rings. The molecule has 122 valence electrons. The number of methoxy groups -OCH3 is 1. The van der Waals surface area contributed by atoms with Crippen molar-refractivity contribution in [2.24, 2.45) is 0 Å². The third kappa shape index (κ3) is 3.45. The van der Waals surface area contributed by atoms with E-state index in [0.717, 1.165) is 37.9 Å². The average molecular weight is 315 g/mol. The molecule has 1 unspecified atom stereocenters. The molecule has 3 rings (SSSR count). The van der Waals surface area contributed by atoms with Crippen molar-refractivity contribution in [2.75, 3.05) is 20.2 Å². The Balaban J connectivity index is 1.84. The van der Waals surface area contributed by atoms with Gasteiger partial charge in [0.15, 0.2) is 5.78 Å². The molecule has 1 atom stereocenters. The van der Waals surface area contributed by atoms with Crippen LogP contribution in [0.2, 0.25) is 0 Å². The van der Waals surface area contributed by atoms with Gasteiger partial charge >= 0.3 is 5.97 Å². The Hall–Kier alpha value is -2.14. The van der Waals surface area contributed by atoms with Crippen LogP contribution in [0.25, 0.3) is 6.08 Å². The predicted octanol–water partition coefficient (Wildman–Crippen LogP) is 2.35. The number of benzene rings is 1. The molecule has 5 heteroatoms. The highest BCUT2D eigenvalue weighted by Gasteiger charge is 2.40. The van der Waals surface area contributed by atoms with E-state index < -0.39 is 5.97 Å². The first-order valence-corrected chi connectivity index (χ1v) is 7.95. The van der Waals surface area contributed by atoms with E-state index in [9.17, 15) is 9.59 Å². The van der Waals surface area contributed by atoms with Crippen molar-refractivity contribution in [2.45, 2.75) is 31.3 Å². The first kappa shape index (κ1) is 15.7. The molecule has 1 aromatic carbocycles. The van der Waals surface area contributed by atoms with Gasteiger partial charge in [-0.2, -0.15) is 0 Å². The molecule has 0 saturated carbocycles. The fraction of sp³-hybridized carbons (Fsp3) is 0.444. The van der Waals surface area contributed by atoms with E-state index in [1.807, 2.05) is 12.1 Å². The molecule has 1 saturated heterocycles. The van der Waals surface area contributed by atoms with Crippen LogP contribution < -0.4 is 10.1 Å². The minimum atomic E-state index is -0.421. The minimum Gasteiger partial charge on any atom is -0.486 e. The number of Topliss-reactive ketones (excluding diaryl/α,β-unsaturated/α-hetero) is 1. The summed E-state index contributed by atoms with van der Waals surface area (Å²) in [5.41, 5.74) is 1.01. The summed E-state index contributed by atoms with van der Waals surface area (Å²) in [6, 6.07) is 5.45. The van der Waals surface area contributed by atoms with Gasteiger partial charge in [-0.05, 0) is 49.7 Å². The number of esters is 1. The summed E-state index contributed by atoms with van der Waals surface area (Å²) in [5.74, 6) is 0.343. The highest BCUT2D eigenvalue weighted by Crippen LogP contribution is 2.39. The number of nitrogens with one attached hydrogen (secondary N) is 1. The molecule has 1 spiro atoms. The molecule has 23 heavy (non-hydrogen) atoms. The second kappa shape index (κ2) is 6.54. The van der Waals surface area contributed by atoms with Crippen molar-refractivity contribution < 1.29 is 19.1 Å². The summed E-state index contributed by atoms with van der Waals surface area (Å²) >= 11 is 0. The SMILES string of the molecule is COC(=O)/C=C/c1ccc2c(c1)C(=O)CC1(CCCNCC1)O2. The summed E-state index contributed by atoms with van der Waals surface area (Å²) < 4.78 is 10.8. The second-order valence-electron chi connectivity index (χ2n) is 6.10. The number of carbonyl (C=O) groups excluding carboxylic acids is 2. The lowest BCUT2D eigenvalue weighted by Gasteiger charge is -2.37. The summed E-state index contributed by atoms with van der Waals surface area (Å²) in [5, 5.41) is 3.36. The number of ether oxygens (including phenoxy) is 2. The van der Waals surface area contributed by atoms with Crippen LogP contribution in [0.15, 0.2) is 24.3 Å². The van der Waals surface area contributed by atoms with Gasteiger partial charge < -0.3 is 14.8 Å². The van der Waals surface area contributed by atoms with Crippen molar-refractivity contribution >= 4 is 17.8 Å². The summed E-state index contributed by atoms with van der Waals surface area (Å²) in [7, 11) is 1.33. The first-order chi connectivity index (χ1) is 11.1. The Kier molecular flexibility index (Phi) is 4.48. The van der Waals surface area contributed by atoms with Gasteiger partial charge in [0.05, 0.1) is 19.1 Å². The number of hydrogen-bond donors (Lipinski definition) is 1. The number of rotatable bonds is 2. The molecule has 5 nitrogen and oxygen atoms in total. The maximum absolute atomic E-state index is 12.6. The van der Waals surface area contributed by atoms with Crippen LogP contribution in [0.5, 0.6) is 5.75 Å². The van der Waals surface area contributed by atoms with Crippen molar-refractivity contribution in [3.8, 4) is 5.75 Å². The lowest BCUT2D eigenvalue weighted by Crippen LogP contribution is -2.42. The zero-order valence-corrected chi connectivity index (χ0v) is 13.3. The van der Waals surface area contributed by atoms with Gasteiger partial charge in [-0.3, -0.25) is 4.79 Å².